The number of hydrogen-bond acceptors (Lipinski definition) is 6. The maximum Gasteiger partial charge on any atom is 0.270 e. The molecule has 1 aliphatic rings. The van der Waals surface area contributed by atoms with Gasteiger partial charge in [0.25, 0.3) is 5.69 Å². The van der Waals surface area contributed by atoms with Gasteiger partial charge in [0.15, 0.2) is 0 Å². The van der Waals surface area contributed by atoms with Crippen LogP contribution in [0.15, 0.2) is 59.1 Å². The molecule has 33 heavy (non-hydrogen) atoms. The predicted octanol–water partition coefficient (Wildman–Crippen LogP) is 4.98. The molecular weight excluding hydrogens is 420 g/mol. The summed E-state index contributed by atoms with van der Waals surface area (Å²) in [5, 5.41) is 15.0. The van der Waals surface area contributed by atoms with E-state index in [9.17, 15) is 14.9 Å². The van der Waals surface area contributed by atoms with Gasteiger partial charge in [-0.2, -0.15) is 4.98 Å². The normalized spacial score (nSPS) is 14.2. The van der Waals surface area contributed by atoms with Gasteiger partial charge in [-0.05, 0) is 24.8 Å². The summed E-state index contributed by atoms with van der Waals surface area (Å²) in [6, 6.07) is 16.5. The molecule has 0 aliphatic heterocycles. The number of aryl methyl sites for hydroxylation is 1. The van der Waals surface area contributed by atoms with Crippen molar-refractivity contribution in [2.24, 2.45) is 0 Å². The predicted molar refractivity (Wildman–Crippen MR) is 123 cm³/mol. The van der Waals surface area contributed by atoms with Crippen LogP contribution in [0.4, 0.5) is 5.69 Å². The van der Waals surface area contributed by atoms with Crippen molar-refractivity contribution in [3.8, 4) is 11.4 Å². The molecule has 1 amide bonds. The Morgan fingerprint density at radius 2 is 1.85 bits per heavy atom. The number of nitro groups is 1. The Labute approximate surface area is 192 Å². The van der Waals surface area contributed by atoms with E-state index in [1.807, 2.05) is 35.2 Å². The maximum absolute atomic E-state index is 13.2. The van der Waals surface area contributed by atoms with Crippen molar-refractivity contribution < 1.29 is 14.2 Å². The second-order valence-electron chi connectivity index (χ2n) is 8.43. The molecule has 8 nitrogen and oxygen atoms in total. The SMILES string of the molecule is O=C(CCc1ccccc1)N(CCc1nc(-c2cccc([N+](=O)[O-])c2)no1)C1CCCCC1. The molecular formula is C25H28N4O4. The average molecular weight is 449 g/mol. The van der Waals surface area contributed by atoms with Crippen molar-refractivity contribution in [1.82, 2.24) is 15.0 Å². The number of nitro benzene ring substituents is 1. The van der Waals surface area contributed by atoms with Crippen molar-refractivity contribution in [2.45, 2.75) is 57.4 Å². The lowest BCUT2D eigenvalue weighted by Gasteiger charge is -2.34. The highest BCUT2D eigenvalue weighted by Gasteiger charge is 2.25. The number of carbonyl (C=O) groups is 1. The first kappa shape index (κ1) is 22.6. The molecule has 0 atom stereocenters. The van der Waals surface area contributed by atoms with E-state index in [-0.39, 0.29) is 17.6 Å². The van der Waals surface area contributed by atoms with Gasteiger partial charge >= 0.3 is 0 Å². The minimum atomic E-state index is -0.451. The molecule has 0 N–H and O–H groups in total. The lowest BCUT2D eigenvalue weighted by Crippen LogP contribution is -2.42. The Bertz CT molecular complexity index is 1080. The van der Waals surface area contributed by atoms with Gasteiger partial charge in [0, 0.05) is 43.1 Å². The van der Waals surface area contributed by atoms with E-state index in [1.54, 1.807) is 12.1 Å². The van der Waals surface area contributed by atoms with Crippen LogP contribution in [0.25, 0.3) is 11.4 Å². The first-order valence-corrected chi connectivity index (χ1v) is 11.5. The fourth-order valence-corrected chi connectivity index (χ4v) is 4.39. The third-order valence-corrected chi connectivity index (χ3v) is 6.16. The molecule has 0 saturated heterocycles. The van der Waals surface area contributed by atoms with Gasteiger partial charge in [-0.3, -0.25) is 14.9 Å². The van der Waals surface area contributed by atoms with Crippen molar-refractivity contribution in [1.29, 1.82) is 0 Å². The topological polar surface area (TPSA) is 102 Å². The van der Waals surface area contributed by atoms with Gasteiger partial charge in [0.1, 0.15) is 0 Å². The molecule has 4 rings (SSSR count). The van der Waals surface area contributed by atoms with Gasteiger partial charge < -0.3 is 9.42 Å². The molecule has 2 aromatic carbocycles. The van der Waals surface area contributed by atoms with E-state index in [1.165, 1.54) is 18.6 Å². The molecule has 1 saturated carbocycles. The number of hydrogen-bond donors (Lipinski definition) is 0. The Balaban J connectivity index is 1.42. The summed E-state index contributed by atoms with van der Waals surface area (Å²) in [6.07, 6.45) is 7.22. The summed E-state index contributed by atoms with van der Waals surface area (Å²) in [7, 11) is 0. The van der Waals surface area contributed by atoms with E-state index in [4.69, 9.17) is 4.52 Å². The number of amides is 1. The van der Waals surface area contributed by atoms with E-state index in [2.05, 4.69) is 10.1 Å². The zero-order valence-corrected chi connectivity index (χ0v) is 18.6. The molecule has 0 bridgehead atoms. The third-order valence-electron chi connectivity index (χ3n) is 6.16. The van der Waals surface area contributed by atoms with Gasteiger partial charge in [-0.15, -0.1) is 0 Å². The molecule has 1 fully saturated rings. The molecule has 3 aromatic rings. The molecule has 0 unspecified atom stereocenters. The van der Waals surface area contributed by atoms with E-state index >= 15 is 0 Å². The third kappa shape index (κ3) is 6.03. The summed E-state index contributed by atoms with van der Waals surface area (Å²) in [6.45, 7) is 0.523. The second-order valence-corrected chi connectivity index (χ2v) is 8.43. The van der Waals surface area contributed by atoms with Crippen LogP contribution in [0, 0.1) is 10.1 Å². The number of rotatable bonds is 9. The number of benzene rings is 2. The largest absolute Gasteiger partial charge is 0.339 e. The number of aromatic nitrogens is 2. The zero-order chi connectivity index (χ0) is 23.0. The van der Waals surface area contributed by atoms with Gasteiger partial charge in [0.2, 0.25) is 17.6 Å². The van der Waals surface area contributed by atoms with Crippen LogP contribution in [0.3, 0.4) is 0 Å². The molecule has 0 radical (unpaired) electrons. The zero-order valence-electron chi connectivity index (χ0n) is 18.6. The highest BCUT2D eigenvalue weighted by Crippen LogP contribution is 2.25. The van der Waals surface area contributed by atoms with E-state index in [0.717, 1.165) is 37.7 Å². The van der Waals surface area contributed by atoms with Crippen LogP contribution in [-0.2, 0) is 17.6 Å². The fraction of sp³-hybridized carbons (Fsp3) is 0.400. The number of carbonyl (C=O) groups excluding carboxylic acids is 1. The summed E-state index contributed by atoms with van der Waals surface area (Å²) in [5.41, 5.74) is 1.67. The quantitative estimate of drug-likeness (QED) is 0.338. The number of non-ortho nitro benzene ring substituents is 1. The highest BCUT2D eigenvalue weighted by atomic mass is 16.6. The lowest BCUT2D eigenvalue weighted by molar-refractivity contribution is -0.384. The molecule has 1 aromatic heterocycles. The second kappa shape index (κ2) is 10.8. The Hall–Kier alpha value is -3.55. The van der Waals surface area contributed by atoms with Gasteiger partial charge in [0.05, 0.1) is 4.92 Å². The monoisotopic (exact) mass is 448 g/mol. The summed E-state index contributed by atoms with van der Waals surface area (Å²) in [5.74, 6) is 0.894. The minimum Gasteiger partial charge on any atom is -0.339 e. The number of nitrogens with zero attached hydrogens (tertiary/aromatic N) is 4. The molecule has 172 valence electrons. The van der Waals surface area contributed by atoms with Crippen LogP contribution in [-0.4, -0.2) is 38.5 Å². The van der Waals surface area contributed by atoms with Crippen LogP contribution >= 0.6 is 0 Å². The Morgan fingerprint density at radius 3 is 2.61 bits per heavy atom. The lowest BCUT2D eigenvalue weighted by atomic mass is 9.93. The van der Waals surface area contributed by atoms with Crippen LogP contribution < -0.4 is 0 Å². The smallest absolute Gasteiger partial charge is 0.270 e. The van der Waals surface area contributed by atoms with Crippen molar-refractivity contribution in [2.75, 3.05) is 6.54 Å². The van der Waals surface area contributed by atoms with Crippen LogP contribution in [0.1, 0.15) is 50.0 Å². The highest BCUT2D eigenvalue weighted by molar-refractivity contribution is 5.76. The van der Waals surface area contributed by atoms with Crippen molar-refractivity contribution in [3.63, 3.8) is 0 Å². The molecule has 8 heteroatoms. The van der Waals surface area contributed by atoms with E-state index in [0.29, 0.717) is 36.7 Å². The van der Waals surface area contributed by atoms with Crippen molar-refractivity contribution in [3.05, 3.63) is 76.2 Å². The van der Waals surface area contributed by atoms with Crippen LogP contribution in [0.5, 0.6) is 0 Å². The van der Waals surface area contributed by atoms with Crippen molar-refractivity contribution >= 4 is 11.6 Å². The summed E-state index contributed by atoms with van der Waals surface area (Å²) < 4.78 is 5.40. The maximum atomic E-state index is 13.2. The summed E-state index contributed by atoms with van der Waals surface area (Å²) in [4.78, 5) is 30.2. The molecule has 0 spiro atoms. The Kier molecular flexibility index (Phi) is 7.44. The first-order chi connectivity index (χ1) is 16.1. The standard InChI is InChI=1S/C25H28N4O4/c30-24(15-14-19-8-3-1-4-9-19)28(21-11-5-2-6-12-21)17-16-23-26-25(27-33-23)20-10-7-13-22(18-20)29(31)32/h1,3-4,7-10,13,18,21H,2,5-6,11-12,14-17H2. The minimum absolute atomic E-state index is 0.0219. The van der Waals surface area contributed by atoms with E-state index < -0.39 is 4.92 Å². The molecule has 1 aliphatic carbocycles. The summed E-state index contributed by atoms with van der Waals surface area (Å²) >= 11 is 0. The first-order valence-electron chi connectivity index (χ1n) is 11.5. The van der Waals surface area contributed by atoms with Gasteiger partial charge in [-0.1, -0.05) is 66.9 Å². The fourth-order valence-electron chi connectivity index (χ4n) is 4.39. The average Bonchev–Trinajstić information content (AvgIpc) is 3.33. The Morgan fingerprint density at radius 1 is 1.06 bits per heavy atom. The molecule has 1 heterocycles. The van der Waals surface area contributed by atoms with Gasteiger partial charge in [-0.25, -0.2) is 0 Å². The van der Waals surface area contributed by atoms with Crippen LogP contribution in [0.2, 0.25) is 0 Å².